The van der Waals surface area contributed by atoms with Crippen LogP contribution in [0, 0.1) is 0 Å². The zero-order valence-corrected chi connectivity index (χ0v) is 22.8. The number of carbonyl (C=O) groups is 1. The maximum absolute atomic E-state index is 12.3. The second-order valence-electron chi connectivity index (χ2n) is 9.90. The summed E-state index contributed by atoms with van der Waals surface area (Å²) in [7, 11) is 0. The standard InChI is InChI=1S/C30H53NO5/c1-2-3-4-5-6-7-8-9-10-11-12-13-14-15-19-22-30(34)31-28(23-32)29(24-33)36-26-35-25-27-20-17-16-18-21-27/h16-18,20-21,28-29,32-33H,2-15,19,22-26H2,1H3,(H,31,34)/t28-,29+/m0/s1. The first-order chi connectivity index (χ1) is 17.7. The normalized spacial score (nSPS) is 13.0. The lowest BCUT2D eigenvalue weighted by molar-refractivity contribution is -0.134. The highest BCUT2D eigenvalue weighted by atomic mass is 16.7. The summed E-state index contributed by atoms with van der Waals surface area (Å²) in [6.45, 7) is 2.04. The number of rotatable bonds is 25. The Morgan fingerprint density at radius 3 is 1.81 bits per heavy atom. The van der Waals surface area contributed by atoms with Gasteiger partial charge in [0.2, 0.25) is 5.91 Å². The van der Waals surface area contributed by atoms with Gasteiger partial charge >= 0.3 is 0 Å². The number of hydrogen-bond donors (Lipinski definition) is 3. The van der Waals surface area contributed by atoms with Gasteiger partial charge in [-0.25, -0.2) is 0 Å². The van der Waals surface area contributed by atoms with Crippen LogP contribution in [0.3, 0.4) is 0 Å². The van der Waals surface area contributed by atoms with E-state index in [2.05, 4.69) is 12.2 Å². The summed E-state index contributed by atoms with van der Waals surface area (Å²) in [5.74, 6) is -0.115. The maximum Gasteiger partial charge on any atom is 0.220 e. The fraction of sp³-hybridized carbons (Fsp3) is 0.767. The van der Waals surface area contributed by atoms with Gasteiger partial charge in [-0.3, -0.25) is 4.79 Å². The van der Waals surface area contributed by atoms with Crippen molar-refractivity contribution < 1.29 is 24.5 Å². The number of aliphatic hydroxyl groups excluding tert-OH is 2. The predicted octanol–water partition coefficient (Wildman–Crippen LogP) is 6.28. The lowest BCUT2D eigenvalue weighted by atomic mass is 10.0. The molecule has 0 aliphatic carbocycles. The molecule has 6 nitrogen and oxygen atoms in total. The van der Waals surface area contributed by atoms with Crippen molar-refractivity contribution in [1.82, 2.24) is 5.32 Å². The van der Waals surface area contributed by atoms with Gasteiger partial charge in [0.15, 0.2) is 0 Å². The van der Waals surface area contributed by atoms with E-state index in [0.717, 1.165) is 24.8 Å². The summed E-state index contributed by atoms with van der Waals surface area (Å²) in [6, 6.07) is 9.07. The molecule has 0 bridgehead atoms. The molecule has 0 radical (unpaired) electrons. The van der Waals surface area contributed by atoms with E-state index in [0.29, 0.717) is 13.0 Å². The molecule has 0 spiro atoms. The van der Waals surface area contributed by atoms with Gasteiger partial charge in [-0.15, -0.1) is 0 Å². The minimum atomic E-state index is -0.712. The van der Waals surface area contributed by atoms with E-state index in [1.54, 1.807) is 0 Å². The molecular formula is C30H53NO5. The third kappa shape index (κ3) is 17.9. The summed E-state index contributed by atoms with van der Waals surface area (Å²) in [6.07, 6.45) is 19.1. The molecule has 0 saturated heterocycles. The van der Waals surface area contributed by atoms with Crippen LogP contribution in [0.1, 0.15) is 115 Å². The molecule has 0 aromatic heterocycles. The molecule has 2 atom stereocenters. The molecule has 1 amide bonds. The Bertz CT molecular complexity index is 613. The number of benzene rings is 1. The summed E-state index contributed by atoms with van der Waals surface area (Å²) >= 11 is 0. The minimum Gasteiger partial charge on any atom is -0.394 e. The quantitative estimate of drug-likeness (QED) is 0.107. The fourth-order valence-corrected chi connectivity index (χ4v) is 4.36. The topological polar surface area (TPSA) is 88.0 Å². The van der Waals surface area contributed by atoms with Gasteiger partial charge in [0, 0.05) is 6.42 Å². The van der Waals surface area contributed by atoms with Crippen molar-refractivity contribution in [2.24, 2.45) is 0 Å². The Morgan fingerprint density at radius 1 is 0.778 bits per heavy atom. The number of unbranched alkanes of at least 4 members (excludes halogenated alkanes) is 14. The molecule has 0 aliphatic rings. The van der Waals surface area contributed by atoms with Gasteiger partial charge in [-0.1, -0.05) is 127 Å². The summed E-state index contributed by atoms with van der Waals surface area (Å²) < 4.78 is 11.0. The Balaban J connectivity index is 2.00. The van der Waals surface area contributed by atoms with Gasteiger partial charge in [-0.05, 0) is 12.0 Å². The highest BCUT2D eigenvalue weighted by molar-refractivity contribution is 5.76. The average molecular weight is 508 g/mol. The van der Waals surface area contributed by atoms with Crippen molar-refractivity contribution in [2.75, 3.05) is 20.0 Å². The van der Waals surface area contributed by atoms with Crippen molar-refractivity contribution in [1.29, 1.82) is 0 Å². The molecule has 0 saturated carbocycles. The molecule has 208 valence electrons. The van der Waals surface area contributed by atoms with Crippen LogP contribution in [0.4, 0.5) is 0 Å². The molecule has 6 heteroatoms. The highest BCUT2D eigenvalue weighted by Gasteiger charge is 2.22. The molecule has 36 heavy (non-hydrogen) atoms. The van der Waals surface area contributed by atoms with Gasteiger partial charge in [0.25, 0.3) is 0 Å². The number of carbonyl (C=O) groups excluding carboxylic acids is 1. The molecular weight excluding hydrogens is 454 g/mol. The number of aliphatic hydroxyl groups is 2. The smallest absolute Gasteiger partial charge is 0.220 e. The van der Waals surface area contributed by atoms with Crippen molar-refractivity contribution in [2.45, 2.75) is 128 Å². The van der Waals surface area contributed by atoms with Crippen LogP contribution < -0.4 is 5.32 Å². The molecule has 1 rings (SSSR count). The number of hydrogen-bond acceptors (Lipinski definition) is 5. The molecule has 3 N–H and O–H groups in total. The van der Waals surface area contributed by atoms with Crippen LogP contribution in [0.25, 0.3) is 0 Å². The third-order valence-corrected chi connectivity index (χ3v) is 6.66. The Kier molecular flexibility index (Phi) is 21.6. The van der Waals surface area contributed by atoms with Crippen molar-refractivity contribution in [3.05, 3.63) is 35.9 Å². The molecule has 0 fully saturated rings. The predicted molar refractivity (Wildman–Crippen MR) is 147 cm³/mol. The molecule has 0 unspecified atom stereocenters. The molecule has 0 aliphatic heterocycles. The van der Waals surface area contributed by atoms with Crippen LogP contribution in [0.2, 0.25) is 0 Å². The largest absolute Gasteiger partial charge is 0.394 e. The minimum absolute atomic E-state index is 0.0223. The SMILES string of the molecule is CCCCCCCCCCCCCCCCCC(=O)N[C@@H](CO)[C@@H](CO)OCOCc1ccccc1. The average Bonchev–Trinajstić information content (AvgIpc) is 2.90. The first-order valence-electron chi connectivity index (χ1n) is 14.5. The van der Waals surface area contributed by atoms with Crippen molar-refractivity contribution >= 4 is 5.91 Å². The van der Waals surface area contributed by atoms with E-state index in [1.165, 1.54) is 77.0 Å². The number of nitrogens with one attached hydrogen (secondary N) is 1. The third-order valence-electron chi connectivity index (χ3n) is 6.66. The summed E-state index contributed by atoms with van der Waals surface area (Å²) in [5.41, 5.74) is 1.03. The number of ether oxygens (including phenoxy) is 2. The van der Waals surface area contributed by atoms with Crippen LogP contribution in [-0.2, 0) is 20.9 Å². The summed E-state index contributed by atoms with van der Waals surface area (Å²) in [5, 5.41) is 22.1. The van der Waals surface area contributed by atoms with Gasteiger partial charge in [0.05, 0.1) is 25.9 Å². The molecule has 1 aromatic carbocycles. The van der Waals surface area contributed by atoms with Gasteiger partial charge < -0.3 is 25.0 Å². The van der Waals surface area contributed by atoms with Crippen LogP contribution >= 0.6 is 0 Å². The van der Waals surface area contributed by atoms with Crippen LogP contribution in [-0.4, -0.2) is 48.3 Å². The Morgan fingerprint density at radius 2 is 1.31 bits per heavy atom. The molecule has 1 aromatic rings. The highest BCUT2D eigenvalue weighted by Crippen LogP contribution is 2.14. The van der Waals surface area contributed by atoms with E-state index in [4.69, 9.17) is 9.47 Å². The zero-order valence-electron chi connectivity index (χ0n) is 22.8. The fourth-order valence-electron chi connectivity index (χ4n) is 4.36. The second kappa shape index (κ2) is 23.9. The second-order valence-corrected chi connectivity index (χ2v) is 9.90. The summed E-state index contributed by atoms with van der Waals surface area (Å²) in [4.78, 5) is 12.3. The lowest BCUT2D eigenvalue weighted by Gasteiger charge is -2.25. The first kappa shape index (κ1) is 32.6. The van der Waals surface area contributed by atoms with Crippen molar-refractivity contribution in [3.63, 3.8) is 0 Å². The monoisotopic (exact) mass is 507 g/mol. The lowest BCUT2D eigenvalue weighted by Crippen LogP contribution is -2.48. The maximum atomic E-state index is 12.3. The van der Waals surface area contributed by atoms with E-state index in [9.17, 15) is 15.0 Å². The van der Waals surface area contributed by atoms with Crippen molar-refractivity contribution in [3.8, 4) is 0 Å². The first-order valence-corrected chi connectivity index (χ1v) is 14.5. The zero-order chi connectivity index (χ0) is 26.1. The molecule has 0 heterocycles. The van der Waals surface area contributed by atoms with Crippen LogP contribution in [0.15, 0.2) is 30.3 Å². The van der Waals surface area contributed by atoms with Gasteiger partial charge in [0.1, 0.15) is 12.9 Å². The Labute approximate surface area is 220 Å². The van der Waals surface area contributed by atoms with Crippen LogP contribution in [0.5, 0.6) is 0 Å². The van der Waals surface area contributed by atoms with Gasteiger partial charge in [-0.2, -0.15) is 0 Å². The van der Waals surface area contributed by atoms with E-state index >= 15 is 0 Å². The Hall–Kier alpha value is -1.47. The van der Waals surface area contributed by atoms with E-state index < -0.39 is 12.1 Å². The van der Waals surface area contributed by atoms with E-state index in [1.807, 2.05) is 30.3 Å². The number of amides is 1. The van der Waals surface area contributed by atoms with E-state index in [-0.39, 0.29) is 25.9 Å².